The number of carbonyl (C=O) groups excluding carboxylic acids is 1. The van der Waals surface area contributed by atoms with Crippen LogP contribution in [0.5, 0.6) is 0 Å². The van der Waals surface area contributed by atoms with Crippen LogP contribution in [0, 0.1) is 11.8 Å². The zero-order valence-electron chi connectivity index (χ0n) is 9.11. The highest BCUT2D eigenvalue weighted by atomic mass is 16.4. The zero-order valence-corrected chi connectivity index (χ0v) is 9.11. The van der Waals surface area contributed by atoms with Crippen molar-refractivity contribution in [2.24, 2.45) is 17.6 Å². The number of aliphatic carboxylic acids is 1. The average molecular weight is 213 g/mol. The number of rotatable bonds is 5. The first kappa shape index (κ1) is 12.2. The van der Waals surface area contributed by atoms with Gasteiger partial charge in [0.15, 0.2) is 0 Å². The Labute approximate surface area is 89.8 Å². The van der Waals surface area contributed by atoms with E-state index in [1.54, 1.807) is 0 Å². The average Bonchev–Trinajstić information content (AvgIpc) is 2.51. The van der Waals surface area contributed by atoms with E-state index in [9.17, 15) is 9.59 Å². The minimum Gasteiger partial charge on any atom is -0.480 e. The van der Waals surface area contributed by atoms with Crippen LogP contribution in [0.4, 0.5) is 0 Å². The first-order valence-corrected chi connectivity index (χ1v) is 5.50. The molecule has 1 fully saturated rings. The van der Waals surface area contributed by atoms with E-state index in [4.69, 9.17) is 10.8 Å². The lowest BCUT2D eigenvalue weighted by molar-refractivity contribution is -0.140. The lowest BCUT2D eigenvalue weighted by Crippen LogP contribution is -2.33. The molecule has 0 aliphatic heterocycles. The third-order valence-corrected chi connectivity index (χ3v) is 3.29. The molecule has 1 aliphatic carbocycles. The van der Waals surface area contributed by atoms with Gasteiger partial charge in [-0.15, -0.1) is 0 Å². The molecule has 0 bridgehead atoms. The third-order valence-electron chi connectivity index (χ3n) is 3.29. The fraction of sp³-hybridized carbons (Fsp3) is 0.818. The van der Waals surface area contributed by atoms with Crippen LogP contribution >= 0.6 is 0 Å². The largest absolute Gasteiger partial charge is 0.480 e. The van der Waals surface area contributed by atoms with Crippen molar-refractivity contribution in [2.75, 3.05) is 0 Å². The summed E-state index contributed by atoms with van der Waals surface area (Å²) >= 11 is 0. The molecule has 0 heterocycles. The minimum absolute atomic E-state index is 0.0105. The molecule has 0 saturated heterocycles. The van der Waals surface area contributed by atoms with E-state index in [1.807, 2.05) is 0 Å². The molecule has 0 radical (unpaired) electrons. The van der Waals surface area contributed by atoms with Crippen molar-refractivity contribution < 1.29 is 14.7 Å². The Morgan fingerprint density at radius 2 is 2.13 bits per heavy atom. The summed E-state index contributed by atoms with van der Waals surface area (Å²) in [6, 6.07) is -1.03. The summed E-state index contributed by atoms with van der Waals surface area (Å²) in [6.07, 6.45) is 3.93. The highest BCUT2D eigenvalue weighted by Gasteiger charge is 2.26. The van der Waals surface area contributed by atoms with Crippen molar-refractivity contribution >= 4 is 11.8 Å². The number of carbonyl (C=O) groups is 2. The summed E-state index contributed by atoms with van der Waals surface area (Å²) in [4.78, 5) is 22.0. The Morgan fingerprint density at radius 3 is 2.60 bits per heavy atom. The first-order chi connectivity index (χ1) is 7.00. The second-order valence-corrected chi connectivity index (χ2v) is 4.56. The Kier molecular flexibility index (Phi) is 4.27. The predicted octanol–water partition coefficient (Wildman–Crippen LogP) is 1.18. The van der Waals surface area contributed by atoms with E-state index in [-0.39, 0.29) is 12.2 Å². The molecule has 0 spiro atoms. The maximum absolute atomic E-state index is 11.5. The van der Waals surface area contributed by atoms with Gasteiger partial charge in [-0.2, -0.15) is 0 Å². The molecule has 1 saturated carbocycles. The monoisotopic (exact) mass is 213 g/mol. The van der Waals surface area contributed by atoms with Gasteiger partial charge in [-0.25, -0.2) is 0 Å². The molecular weight excluding hydrogens is 194 g/mol. The van der Waals surface area contributed by atoms with E-state index >= 15 is 0 Å². The summed E-state index contributed by atoms with van der Waals surface area (Å²) in [7, 11) is 0. The topological polar surface area (TPSA) is 80.4 Å². The van der Waals surface area contributed by atoms with Crippen LogP contribution in [0.25, 0.3) is 0 Å². The minimum atomic E-state index is -1.09. The Hall–Kier alpha value is -0.900. The highest BCUT2D eigenvalue weighted by Crippen LogP contribution is 2.33. The van der Waals surface area contributed by atoms with E-state index < -0.39 is 12.0 Å². The Bertz CT molecular complexity index is 252. The number of carboxylic acids is 1. The van der Waals surface area contributed by atoms with Crippen LogP contribution in [0.15, 0.2) is 0 Å². The molecule has 0 aromatic carbocycles. The highest BCUT2D eigenvalue weighted by molar-refractivity contribution is 5.85. The summed E-state index contributed by atoms with van der Waals surface area (Å²) in [5.41, 5.74) is 5.31. The van der Waals surface area contributed by atoms with Crippen LogP contribution in [0.3, 0.4) is 0 Å². The first-order valence-electron chi connectivity index (χ1n) is 5.50. The second-order valence-electron chi connectivity index (χ2n) is 4.56. The van der Waals surface area contributed by atoms with Crippen molar-refractivity contribution in [3.05, 3.63) is 0 Å². The molecule has 4 heteroatoms. The molecule has 1 aliphatic rings. The fourth-order valence-electron chi connectivity index (χ4n) is 2.23. The van der Waals surface area contributed by atoms with Crippen molar-refractivity contribution in [3.8, 4) is 0 Å². The molecule has 0 amide bonds. The quantitative estimate of drug-likeness (QED) is 0.718. The van der Waals surface area contributed by atoms with E-state index in [0.717, 1.165) is 6.42 Å². The molecular formula is C11H19NO3. The maximum atomic E-state index is 11.5. The van der Waals surface area contributed by atoms with Gasteiger partial charge in [0.1, 0.15) is 11.8 Å². The fourth-order valence-corrected chi connectivity index (χ4v) is 2.23. The smallest absolute Gasteiger partial charge is 0.320 e. The van der Waals surface area contributed by atoms with Crippen molar-refractivity contribution in [3.63, 3.8) is 0 Å². The molecule has 2 unspecified atom stereocenters. The SMILES string of the molecule is CC1CCC[C@H]1CC(=O)CC(N)C(=O)O. The summed E-state index contributed by atoms with van der Waals surface area (Å²) < 4.78 is 0. The number of hydrogen-bond acceptors (Lipinski definition) is 3. The molecule has 3 atom stereocenters. The van der Waals surface area contributed by atoms with E-state index in [1.165, 1.54) is 12.8 Å². The molecule has 0 aromatic heterocycles. The summed E-state index contributed by atoms with van der Waals surface area (Å²) in [5, 5.41) is 8.57. The standard InChI is InChI=1S/C11H19NO3/c1-7-3-2-4-8(7)5-9(13)6-10(12)11(14)15/h7-8,10H,2-6,12H2,1H3,(H,14,15)/t7?,8-,10?/m0/s1. The van der Waals surface area contributed by atoms with Gasteiger partial charge in [0.2, 0.25) is 0 Å². The van der Waals surface area contributed by atoms with Gasteiger partial charge in [-0.1, -0.05) is 19.8 Å². The van der Waals surface area contributed by atoms with Crippen LogP contribution in [-0.2, 0) is 9.59 Å². The zero-order chi connectivity index (χ0) is 11.4. The lowest BCUT2D eigenvalue weighted by atomic mass is 9.91. The van der Waals surface area contributed by atoms with E-state index in [2.05, 4.69) is 6.92 Å². The van der Waals surface area contributed by atoms with Crippen molar-refractivity contribution in [2.45, 2.75) is 45.1 Å². The molecule has 1 rings (SSSR count). The summed E-state index contributed by atoms with van der Waals surface area (Å²) in [6.45, 7) is 2.15. The van der Waals surface area contributed by atoms with Crippen LogP contribution < -0.4 is 5.73 Å². The lowest BCUT2D eigenvalue weighted by Gasteiger charge is -2.14. The maximum Gasteiger partial charge on any atom is 0.320 e. The van der Waals surface area contributed by atoms with Crippen molar-refractivity contribution in [1.29, 1.82) is 0 Å². The van der Waals surface area contributed by atoms with Gasteiger partial charge >= 0.3 is 5.97 Å². The predicted molar refractivity (Wildman–Crippen MR) is 56.4 cm³/mol. The number of Topliss-reactive ketones (excluding diaryl/α,β-unsaturated/α-hetero) is 1. The van der Waals surface area contributed by atoms with Crippen LogP contribution in [0.1, 0.15) is 39.0 Å². The molecule has 3 N–H and O–H groups in total. The van der Waals surface area contributed by atoms with Gasteiger partial charge in [-0.3, -0.25) is 9.59 Å². The van der Waals surface area contributed by atoms with Crippen LogP contribution in [-0.4, -0.2) is 22.9 Å². The molecule has 86 valence electrons. The van der Waals surface area contributed by atoms with E-state index in [0.29, 0.717) is 18.3 Å². The van der Waals surface area contributed by atoms with Gasteiger partial charge in [0, 0.05) is 12.8 Å². The number of carboxylic acid groups (broad SMARTS) is 1. The molecule has 15 heavy (non-hydrogen) atoms. The number of nitrogens with two attached hydrogens (primary N) is 1. The van der Waals surface area contributed by atoms with Gasteiger partial charge in [0.25, 0.3) is 0 Å². The second kappa shape index (κ2) is 5.26. The Morgan fingerprint density at radius 1 is 1.47 bits per heavy atom. The summed E-state index contributed by atoms with van der Waals surface area (Å²) in [5.74, 6) is -0.0695. The Balaban J connectivity index is 2.32. The van der Waals surface area contributed by atoms with Crippen LogP contribution in [0.2, 0.25) is 0 Å². The van der Waals surface area contributed by atoms with Gasteiger partial charge < -0.3 is 10.8 Å². The number of hydrogen-bond donors (Lipinski definition) is 2. The normalized spacial score (nSPS) is 27.6. The van der Waals surface area contributed by atoms with Gasteiger partial charge in [0.05, 0.1) is 0 Å². The molecule has 4 nitrogen and oxygen atoms in total. The van der Waals surface area contributed by atoms with Crippen molar-refractivity contribution in [1.82, 2.24) is 0 Å². The van der Waals surface area contributed by atoms with Gasteiger partial charge in [-0.05, 0) is 18.3 Å². The molecule has 0 aromatic rings. The number of ketones is 1. The third kappa shape index (κ3) is 3.63.